The van der Waals surface area contributed by atoms with Gasteiger partial charge in [-0.1, -0.05) is 6.92 Å². The molecule has 0 radical (unpaired) electrons. The van der Waals surface area contributed by atoms with E-state index in [1.165, 1.54) is 5.56 Å². The number of hydrogen-bond acceptors (Lipinski definition) is 6. The van der Waals surface area contributed by atoms with Crippen molar-refractivity contribution in [3.8, 4) is 0 Å². The summed E-state index contributed by atoms with van der Waals surface area (Å²) in [5, 5.41) is 6.60. The predicted octanol–water partition coefficient (Wildman–Crippen LogP) is 2.59. The number of aromatic nitrogens is 2. The molecule has 0 spiro atoms. The molecule has 1 N–H and O–H groups in total. The van der Waals surface area contributed by atoms with Crippen molar-refractivity contribution >= 4 is 23.1 Å². The van der Waals surface area contributed by atoms with E-state index < -0.39 is 0 Å². The number of guanidine groups is 1. The van der Waals surface area contributed by atoms with Gasteiger partial charge in [-0.3, -0.25) is 0 Å². The van der Waals surface area contributed by atoms with Gasteiger partial charge in [-0.15, -0.1) is 11.3 Å². The summed E-state index contributed by atoms with van der Waals surface area (Å²) in [5.74, 6) is 1.96. The normalized spacial score (nSPS) is 15.6. The zero-order valence-corrected chi connectivity index (χ0v) is 18.9. The summed E-state index contributed by atoms with van der Waals surface area (Å²) >= 11 is 1.69. The number of anilines is 1. The summed E-state index contributed by atoms with van der Waals surface area (Å²) in [6.07, 6.45) is 1.90. The molecule has 0 unspecified atom stereocenters. The summed E-state index contributed by atoms with van der Waals surface area (Å²) in [5.41, 5.74) is 2.26. The Morgan fingerprint density at radius 1 is 1.28 bits per heavy atom. The molecule has 0 saturated carbocycles. The third kappa shape index (κ3) is 6.14. The Hall–Kier alpha value is -2.19. The molecule has 2 aromatic rings. The third-order valence-corrected chi connectivity index (χ3v) is 5.95. The fourth-order valence-electron chi connectivity index (χ4n) is 3.46. The van der Waals surface area contributed by atoms with Crippen LogP contribution in [0.1, 0.15) is 30.1 Å². The molecule has 1 aliphatic rings. The molecular weight excluding hydrogens is 382 g/mol. The summed E-state index contributed by atoms with van der Waals surface area (Å²) in [6.45, 7) is 14.0. The molecule has 0 aromatic carbocycles. The molecule has 29 heavy (non-hydrogen) atoms. The maximum Gasteiger partial charge on any atom is 0.194 e. The zero-order valence-electron chi connectivity index (χ0n) is 18.1. The van der Waals surface area contributed by atoms with Crippen molar-refractivity contribution in [3.63, 3.8) is 0 Å². The molecule has 7 nitrogen and oxygen atoms in total. The highest BCUT2D eigenvalue weighted by atomic mass is 32.1. The number of nitrogens with zero attached hydrogens (tertiary/aromatic N) is 6. The van der Waals surface area contributed by atoms with Crippen molar-refractivity contribution < 1.29 is 0 Å². The fraction of sp³-hybridized carbons (Fsp3) is 0.571. The maximum absolute atomic E-state index is 4.85. The molecule has 158 valence electrons. The molecule has 0 atom stereocenters. The Morgan fingerprint density at radius 2 is 2.07 bits per heavy atom. The van der Waals surface area contributed by atoms with Crippen LogP contribution >= 0.6 is 11.3 Å². The molecular formula is C21H33N7S. The van der Waals surface area contributed by atoms with E-state index in [4.69, 9.17) is 4.99 Å². The van der Waals surface area contributed by atoms with Crippen LogP contribution in [0.3, 0.4) is 0 Å². The van der Waals surface area contributed by atoms with Gasteiger partial charge in [0.25, 0.3) is 0 Å². The topological polar surface area (TPSA) is 59.9 Å². The second-order valence-corrected chi connectivity index (χ2v) is 8.39. The zero-order chi connectivity index (χ0) is 20.6. The minimum Gasteiger partial charge on any atom is -0.357 e. The first-order valence-electron chi connectivity index (χ1n) is 10.4. The lowest BCUT2D eigenvalue weighted by Crippen LogP contribution is -2.46. The molecule has 1 saturated heterocycles. The van der Waals surface area contributed by atoms with Gasteiger partial charge in [-0.2, -0.15) is 0 Å². The summed E-state index contributed by atoms with van der Waals surface area (Å²) < 4.78 is 0. The van der Waals surface area contributed by atoms with Crippen LogP contribution in [0.15, 0.2) is 28.7 Å². The third-order valence-electron chi connectivity index (χ3n) is 5.13. The molecule has 3 rings (SSSR count). The van der Waals surface area contributed by atoms with Crippen LogP contribution in [0.2, 0.25) is 0 Å². The van der Waals surface area contributed by atoms with Crippen molar-refractivity contribution in [1.82, 2.24) is 25.1 Å². The van der Waals surface area contributed by atoms with E-state index >= 15 is 0 Å². The molecule has 1 fully saturated rings. The number of piperazine rings is 1. The standard InChI is InChI=1S/C21H33N7S/c1-5-22-21(26(4)15-19-16-29-17(3)25-19)24-14-18-7-8-23-20(13-18)28-11-9-27(6-2)10-12-28/h7-8,13,16H,5-6,9-12,14-15H2,1-4H3,(H,22,24). The maximum atomic E-state index is 4.85. The van der Waals surface area contributed by atoms with Crippen LogP contribution in [0.25, 0.3) is 0 Å². The average Bonchev–Trinajstić information content (AvgIpc) is 3.15. The quantitative estimate of drug-likeness (QED) is 0.554. The number of pyridine rings is 1. The van der Waals surface area contributed by atoms with E-state index in [0.29, 0.717) is 6.54 Å². The number of nitrogens with one attached hydrogen (secondary N) is 1. The van der Waals surface area contributed by atoms with Gasteiger partial charge in [-0.25, -0.2) is 15.0 Å². The van der Waals surface area contributed by atoms with Crippen LogP contribution in [-0.2, 0) is 13.1 Å². The second-order valence-electron chi connectivity index (χ2n) is 7.33. The predicted molar refractivity (Wildman–Crippen MR) is 122 cm³/mol. The minimum absolute atomic E-state index is 0.632. The van der Waals surface area contributed by atoms with Gasteiger partial charge >= 0.3 is 0 Å². The minimum atomic E-state index is 0.632. The van der Waals surface area contributed by atoms with E-state index in [2.05, 4.69) is 68.4 Å². The number of rotatable bonds is 7. The monoisotopic (exact) mass is 415 g/mol. The summed E-state index contributed by atoms with van der Waals surface area (Å²) in [6, 6.07) is 4.24. The van der Waals surface area contributed by atoms with E-state index in [9.17, 15) is 0 Å². The van der Waals surface area contributed by atoms with Crippen LogP contribution < -0.4 is 10.2 Å². The Morgan fingerprint density at radius 3 is 2.72 bits per heavy atom. The molecule has 1 aliphatic heterocycles. The molecule has 0 bridgehead atoms. The van der Waals surface area contributed by atoms with Crippen molar-refractivity contribution in [2.24, 2.45) is 4.99 Å². The molecule has 3 heterocycles. The van der Waals surface area contributed by atoms with Gasteiger partial charge < -0.3 is 20.0 Å². The second kappa shape index (κ2) is 10.5. The molecule has 8 heteroatoms. The van der Waals surface area contributed by atoms with Crippen LogP contribution in [0.4, 0.5) is 5.82 Å². The fourth-order valence-corrected chi connectivity index (χ4v) is 4.06. The first-order valence-corrected chi connectivity index (χ1v) is 11.3. The van der Waals surface area contributed by atoms with E-state index in [1.807, 2.05) is 13.1 Å². The van der Waals surface area contributed by atoms with Crippen LogP contribution in [-0.4, -0.2) is 72.0 Å². The van der Waals surface area contributed by atoms with Gasteiger partial charge in [0.15, 0.2) is 5.96 Å². The number of aryl methyl sites for hydroxylation is 1. The summed E-state index contributed by atoms with van der Waals surface area (Å²) in [4.78, 5) is 21.0. The van der Waals surface area contributed by atoms with Gasteiger partial charge in [0.05, 0.1) is 23.8 Å². The van der Waals surface area contributed by atoms with Crippen LogP contribution in [0.5, 0.6) is 0 Å². The van der Waals surface area contributed by atoms with Gasteiger partial charge in [0.2, 0.25) is 0 Å². The van der Waals surface area contributed by atoms with Gasteiger partial charge in [0, 0.05) is 51.3 Å². The van der Waals surface area contributed by atoms with E-state index in [1.54, 1.807) is 11.3 Å². The molecule has 0 aliphatic carbocycles. The first kappa shape index (κ1) is 21.5. The largest absolute Gasteiger partial charge is 0.357 e. The highest BCUT2D eigenvalue weighted by molar-refractivity contribution is 7.09. The number of likely N-dealkylation sites (N-methyl/N-ethyl adjacent to an activating group) is 1. The Kier molecular flexibility index (Phi) is 7.83. The van der Waals surface area contributed by atoms with Crippen LogP contribution in [0, 0.1) is 6.92 Å². The Bertz CT molecular complexity index is 796. The molecule has 2 aromatic heterocycles. The smallest absolute Gasteiger partial charge is 0.194 e. The van der Waals surface area contributed by atoms with Gasteiger partial charge in [0.1, 0.15) is 5.82 Å². The lowest BCUT2D eigenvalue weighted by molar-refractivity contribution is 0.270. The lowest BCUT2D eigenvalue weighted by Gasteiger charge is -2.34. The van der Waals surface area contributed by atoms with Crippen molar-refractivity contribution in [1.29, 1.82) is 0 Å². The Labute approximate surface area is 178 Å². The van der Waals surface area contributed by atoms with Crippen molar-refractivity contribution in [2.45, 2.75) is 33.9 Å². The highest BCUT2D eigenvalue weighted by Crippen LogP contribution is 2.16. The molecule has 0 amide bonds. The van der Waals surface area contributed by atoms with E-state index in [-0.39, 0.29) is 0 Å². The highest BCUT2D eigenvalue weighted by Gasteiger charge is 2.17. The van der Waals surface area contributed by atoms with Crippen molar-refractivity contribution in [3.05, 3.63) is 40.0 Å². The lowest BCUT2D eigenvalue weighted by atomic mass is 10.2. The van der Waals surface area contributed by atoms with E-state index in [0.717, 1.165) is 68.3 Å². The number of hydrogen-bond donors (Lipinski definition) is 1. The first-order chi connectivity index (χ1) is 14.1. The SMILES string of the molecule is CCNC(=NCc1ccnc(N2CCN(CC)CC2)c1)N(C)Cc1csc(C)n1. The average molecular weight is 416 g/mol. The number of aliphatic imine (C=N–C) groups is 1. The van der Waals surface area contributed by atoms with Gasteiger partial charge in [-0.05, 0) is 38.1 Å². The Balaban J connectivity index is 1.64. The summed E-state index contributed by atoms with van der Waals surface area (Å²) in [7, 11) is 2.06. The number of thiazole rings is 1. The van der Waals surface area contributed by atoms with Crippen molar-refractivity contribution in [2.75, 3.05) is 51.2 Å².